The molecule has 0 saturated carbocycles. The number of nitrogens with zero attached hydrogens (tertiary/aromatic N) is 2. The van der Waals surface area contributed by atoms with Crippen molar-refractivity contribution in [2.45, 2.75) is 33.0 Å². The average Bonchev–Trinajstić information content (AvgIpc) is 2.63. The maximum atomic E-state index is 5.55. The number of benzene rings is 1. The highest BCUT2D eigenvalue weighted by Gasteiger charge is 2.04. The number of aromatic nitrogens is 1. The van der Waals surface area contributed by atoms with Gasteiger partial charge < -0.3 is 20.1 Å². The molecule has 1 aromatic heterocycles. The summed E-state index contributed by atoms with van der Waals surface area (Å²) in [5.41, 5.74) is 2.13. The number of nitrogens with one attached hydrogen (secondary N) is 2. The Morgan fingerprint density at radius 3 is 2.52 bits per heavy atom. The molecule has 6 heteroatoms. The fourth-order valence-electron chi connectivity index (χ4n) is 2.26. The molecule has 0 bridgehead atoms. The van der Waals surface area contributed by atoms with Crippen molar-refractivity contribution >= 4 is 5.96 Å². The molecule has 1 aromatic carbocycles. The summed E-state index contributed by atoms with van der Waals surface area (Å²) in [6.45, 7) is 5.22. The molecule has 0 saturated heterocycles. The molecule has 25 heavy (non-hydrogen) atoms. The lowest BCUT2D eigenvalue weighted by molar-refractivity contribution is 0.232. The van der Waals surface area contributed by atoms with Crippen molar-refractivity contribution in [1.29, 1.82) is 0 Å². The minimum Gasteiger partial charge on any atom is -0.496 e. The van der Waals surface area contributed by atoms with Crippen LogP contribution in [-0.2, 0) is 13.1 Å². The first kappa shape index (κ1) is 18.6. The quantitative estimate of drug-likeness (QED) is 0.598. The van der Waals surface area contributed by atoms with Gasteiger partial charge in [0.25, 0.3) is 0 Å². The van der Waals surface area contributed by atoms with Gasteiger partial charge in [-0.15, -0.1) is 0 Å². The predicted octanol–water partition coefficient (Wildman–Crippen LogP) is 2.74. The van der Waals surface area contributed by atoms with Crippen molar-refractivity contribution in [3.05, 3.63) is 53.7 Å². The van der Waals surface area contributed by atoms with E-state index in [1.807, 2.05) is 50.2 Å². The molecule has 0 aliphatic rings. The van der Waals surface area contributed by atoms with E-state index in [9.17, 15) is 0 Å². The Balaban J connectivity index is 1.86. The fraction of sp³-hybridized carbons (Fsp3) is 0.368. The summed E-state index contributed by atoms with van der Waals surface area (Å²) in [4.78, 5) is 8.54. The molecule has 2 N–H and O–H groups in total. The molecule has 0 aliphatic heterocycles. The van der Waals surface area contributed by atoms with Gasteiger partial charge in [0.2, 0.25) is 5.88 Å². The molecule has 0 radical (unpaired) electrons. The van der Waals surface area contributed by atoms with Crippen LogP contribution in [0, 0.1) is 0 Å². The molecule has 1 heterocycles. The van der Waals surface area contributed by atoms with Gasteiger partial charge in [-0.25, -0.2) is 4.98 Å². The van der Waals surface area contributed by atoms with Crippen molar-refractivity contribution in [1.82, 2.24) is 15.6 Å². The number of pyridine rings is 1. The smallest absolute Gasteiger partial charge is 0.213 e. The Hall–Kier alpha value is -2.76. The van der Waals surface area contributed by atoms with Gasteiger partial charge >= 0.3 is 0 Å². The number of guanidine groups is 1. The molecular weight excluding hydrogens is 316 g/mol. The van der Waals surface area contributed by atoms with Gasteiger partial charge in [0, 0.05) is 38.0 Å². The van der Waals surface area contributed by atoms with Crippen LogP contribution in [0.5, 0.6) is 11.6 Å². The normalized spacial score (nSPS) is 11.3. The maximum absolute atomic E-state index is 5.55. The number of methoxy groups -OCH3 is 1. The zero-order valence-corrected chi connectivity index (χ0v) is 15.2. The van der Waals surface area contributed by atoms with Gasteiger partial charge in [0.05, 0.1) is 13.2 Å². The Morgan fingerprint density at radius 1 is 1.12 bits per heavy atom. The highest BCUT2D eigenvalue weighted by Crippen LogP contribution is 2.16. The third kappa shape index (κ3) is 5.99. The summed E-state index contributed by atoms with van der Waals surface area (Å²) in [5, 5.41) is 6.55. The van der Waals surface area contributed by atoms with E-state index >= 15 is 0 Å². The van der Waals surface area contributed by atoms with Crippen LogP contribution in [0.2, 0.25) is 0 Å². The second-order valence-electron chi connectivity index (χ2n) is 5.76. The Kier molecular flexibility index (Phi) is 7.07. The number of hydrogen-bond acceptors (Lipinski definition) is 4. The van der Waals surface area contributed by atoms with E-state index in [4.69, 9.17) is 9.47 Å². The molecule has 134 valence electrons. The van der Waals surface area contributed by atoms with Crippen LogP contribution in [0.25, 0.3) is 0 Å². The lowest BCUT2D eigenvalue weighted by atomic mass is 10.2. The fourth-order valence-corrected chi connectivity index (χ4v) is 2.26. The molecule has 0 spiro atoms. The lowest BCUT2D eigenvalue weighted by Crippen LogP contribution is -2.36. The summed E-state index contributed by atoms with van der Waals surface area (Å²) in [6.07, 6.45) is 1.92. The van der Waals surface area contributed by atoms with Crippen LogP contribution in [0.3, 0.4) is 0 Å². The Labute approximate surface area is 149 Å². The summed E-state index contributed by atoms with van der Waals surface area (Å²) in [5.74, 6) is 2.21. The zero-order chi connectivity index (χ0) is 18.1. The van der Waals surface area contributed by atoms with E-state index in [1.54, 1.807) is 20.4 Å². The van der Waals surface area contributed by atoms with Gasteiger partial charge in [-0.3, -0.25) is 4.99 Å². The molecule has 0 unspecified atom stereocenters. The lowest BCUT2D eigenvalue weighted by Gasteiger charge is -2.14. The van der Waals surface area contributed by atoms with Crippen LogP contribution in [0.15, 0.2) is 47.6 Å². The van der Waals surface area contributed by atoms with Gasteiger partial charge in [0.15, 0.2) is 5.96 Å². The van der Waals surface area contributed by atoms with E-state index < -0.39 is 0 Å². The SMILES string of the molecule is CN=C(NCc1ccc(OC(C)C)nc1)NCc1ccccc1OC. The first-order valence-corrected chi connectivity index (χ1v) is 8.30. The summed E-state index contributed by atoms with van der Waals surface area (Å²) in [7, 11) is 3.42. The molecule has 0 aliphatic carbocycles. The van der Waals surface area contributed by atoms with Crippen molar-refractivity contribution < 1.29 is 9.47 Å². The second kappa shape index (κ2) is 9.52. The number of aliphatic imine (C=N–C) groups is 1. The zero-order valence-electron chi connectivity index (χ0n) is 15.2. The predicted molar refractivity (Wildman–Crippen MR) is 100 cm³/mol. The van der Waals surface area contributed by atoms with Gasteiger partial charge in [0.1, 0.15) is 5.75 Å². The molecule has 0 atom stereocenters. The van der Waals surface area contributed by atoms with Crippen LogP contribution < -0.4 is 20.1 Å². The van der Waals surface area contributed by atoms with Crippen molar-refractivity contribution in [2.24, 2.45) is 4.99 Å². The number of ether oxygens (including phenoxy) is 2. The summed E-state index contributed by atoms with van der Waals surface area (Å²) < 4.78 is 10.9. The molecule has 2 aromatic rings. The van der Waals surface area contributed by atoms with E-state index in [2.05, 4.69) is 20.6 Å². The highest BCUT2D eigenvalue weighted by molar-refractivity contribution is 5.79. The monoisotopic (exact) mass is 342 g/mol. The topological polar surface area (TPSA) is 67.8 Å². The third-order valence-corrected chi connectivity index (χ3v) is 3.48. The van der Waals surface area contributed by atoms with Gasteiger partial charge in [-0.1, -0.05) is 24.3 Å². The van der Waals surface area contributed by atoms with Gasteiger partial charge in [-0.05, 0) is 25.5 Å². The largest absolute Gasteiger partial charge is 0.496 e. The van der Waals surface area contributed by atoms with Crippen LogP contribution in [0.1, 0.15) is 25.0 Å². The molecule has 0 amide bonds. The van der Waals surface area contributed by atoms with Crippen molar-refractivity contribution in [2.75, 3.05) is 14.2 Å². The summed E-state index contributed by atoms with van der Waals surface area (Å²) >= 11 is 0. The maximum Gasteiger partial charge on any atom is 0.213 e. The second-order valence-corrected chi connectivity index (χ2v) is 5.76. The number of para-hydroxylation sites is 1. The van der Waals surface area contributed by atoms with Crippen LogP contribution in [0.4, 0.5) is 0 Å². The summed E-state index contributed by atoms with van der Waals surface area (Å²) in [6, 6.07) is 11.8. The van der Waals surface area contributed by atoms with E-state index in [0.717, 1.165) is 16.9 Å². The number of hydrogen-bond donors (Lipinski definition) is 2. The standard InChI is InChI=1S/C19H26N4O2/c1-14(2)25-18-10-9-15(11-21-18)12-22-19(20-3)23-13-16-7-5-6-8-17(16)24-4/h5-11,14H,12-13H2,1-4H3,(H2,20,22,23). The average molecular weight is 342 g/mol. The molecule has 0 fully saturated rings. The number of rotatable bonds is 7. The van der Waals surface area contributed by atoms with Crippen molar-refractivity contribution in [3.63, 3.8) is 0 Å². The van der Waals surface area contributed by atoms with E-state index in [-0.39, 0.29) is 6.10 Å². The van der Waals surface area contributed by atoms with E-state index in [1.165, 1.54) is 0 Å². The third-order valence-electron chi connectivity index (χ3n) is 3.48. The van der Waals surface area contributed by atoms with Gasteiger partial charge in [-0.2, -0.15) is 0 Å². The molecular formula is C19H26N4O2. The first-order valence-electron chi connectivity index (χ1n) is 8.30. The van der Waals surface area contributed by atoms with Crippen molar-refractivity contribution in [3.8, 4) is 11.6 Å². The minimum atomic E-state index is 0.120. The first-order chi connectivity index (χ1) is 12.1. The Bertz CT molecular complexity index is 684. The highest BCUT2D eigenvalue weighted by atomic mass is 16.5. The van der Waals surface area contributed by atoms with E-state index in [0.29, 0.717) is 24.9 Å². The van der Waals surface area contributed by atoms with Crippen LogP contribution >= 0.6 is 0 Å². The Morgan fingerprint density at radius 2 is 1.88 bits per heavy atom. The van der Waals surface area contributed by atoms with Crippen LogP contribution in [-0.4, -0.2) is 31.2 Å². The molecule has 6 nitrogen and oxygen atoms in total. The molecule has 2 rings (SSSR count). The minimum absolute atomic E-state index is 0.120.